The zero-order chi connectivity index (χ0) is 49.8. The molecular weight excluding hydrogens is 897 g/mol. The summed E-state index contributed by atoms with van der Waals surface area (Å²) in [5.41, 5.74) is -2.77. The second kappa shape index (κ2) is 18.5. The van der Waals surface area contributed by atoms with Gasteiger partial charge in [-0.2, -0.15) is 0 Å². The molecule has 3 heterocycles. The summed E-state index contributed by atoms with van der Waals surface area (Å²) in [4.78, 5) is 28.6. The third kappa shape index (κ3) is 8.03. The Bertz CT molecular complexity index is 1900. The number of aliphatic carboxylic acids is 1. The van der Waals surface area contributed by atoms with Gasteiger partial charge in [-0.05, 0) is 111 Å². The van der Waals surface area contributed by atoms with Crippen molar-refractivity contribution in [1.82, 2.24) is 0 Å². The van der Waals surface area contributed by atoms with Gasteiger partial charge in [-0.15, -0.1) is 0 Å². The van der Waals surface area contributed by atoms with Crippen molar-refractivity contribution in [3.05, 3.63) is 11.6 Å². The maximum atomic E-state index is 15.0. The largest absolute Gasteiger partial charge is 0.481 e. The fourth-order valence-corrected chi connectivity index (χ4v) is 14.9. The van der Waals surface area contributed by atoms with Gasteiger partial charge < -0.3 is 89.7 Å². The third-order valence-electron chi connectivity index (χ3n) is 19.4. The molecule has 20 heteroatoms. The molecule has 0 spiro atoms. The molecule has 20 nitrogen and oxygen atoms in total. The standard InChI is InChI=1S/C48H76O20/c1-43(2)13-15-48(42(62)68-40-37(59)34(56)31(53)25(66-40)20-63-38-35(57)32(54)29(51)23(18-49)64-38)16-14-45(4)21(22(48)17-43)7-8-26-44(3)11-10-28(47(6,41(60)61)27(44)9-12-46(26,45)5)67-39-36(58)33(55)30(52)24(19-50)65-39/h7,22-40,49-59H,8-20H2,1-6H3,(H,60,61)/t22-,23+,24+,25+,26-,27-,28-,29+,30+,31+,32-,33-,34-,35+,36+,37+,38+,39-,40-,44+,45+,46+,47-,48-/m0/s1. The fraction of sp³-hybridized carbons (Fsp3) is 0.917. The summed E-state index contributed by atoms with van der Waals surface area (Å²) >= 11 is 0. The fourth-order valence-electron chi connectivity index (χ4n) is 14.9. The van der Waals surface area contributed by atoms with Crippen molar-refractivity contribution in [2.75, 3.05) is 19.8 Å². The van der Waals surface area contributed by atoms with Crippen LogP contribution in [0.4, 0.5) is 0 Å². The van der Waals surface area contributed by atoms with Crippen LogP contribution in [0.3, 0.4) is 0 Å². The quantitative estimate of drug-likeness (QED) is 0.0725. The lowest BCUT2D eigenvalue weighted by atomic mass is 9.33. The van der Waals surface area contributed by atoms with E-state index in [1.54, 1.807) is 6.92 Å². The monoisotopic (exact) mass is 972 g/mol. The lowest BCUT2D eigenvalue weighted by molar-refractivity contribution is -0.329. The number of rotatable bonds is 10. The number of esters is 1. The Morgan fingerprint density at radius 1 is 0.632 bits per heavy atom. The predicted octanol–water partition coefficient (Wildman–Crippen LogP) is -0.795. The molecule has 0 radical (unpaired) electrons. The number of carbonyl (C=O) groups is 2. The maximum Gasteiger partial charge on any atom is 0.315 e. The molecule has 12 N–H and O–H groups in total. The first-order chi connectivity index (χ1) is 31.8. The van der Waals surface area contributed by atoms with Gasteiger partial charge in [0.05, 0.1) is 36.8 Å². The molecule has 0 bridgehead atoms. The van der Waals surface area contributed by atoms with Crippen molar-refractivity contribution < 1.29 is 99.3 Å². The summed E-state index contributed by atoms with van der Waals surface area (Å²) in [6.07, 6.45) is -17.2. The number of carbonyl (C=O) groups excluding carboxylic acids is 1. The van der Waals surface area contributed by atoms with Gasteiger partial charge in [-0.25, -0.2) is 0 Å². The van der Waals surface area contributed by atoms with Crippen LogP contribution in [0.2, 0.25) is 0 Å². The molecule has 3 aliphatic heterocycles. The van der Waals surface area contributed by atoms with E-state index in [9.17, 15) is 70.9 Å². The highest BCUT2D eigenvalue weighted by Crippen LogP contribution is 2.76. The lowest BCUT2D eigenvalue weighted by Gasteiger charge is -2.71. The van der Waals surface area contributed by atoms with Crippen molar-refractivity contribution >= 4 is 11.9 Å². The number of aliphatic hydroxyl groups is 11. The van der Waals surface area contributed by atoms with Crippen LogP contribution in [-0.2, 0) is 38.0 Å². The summed E-state index contributed by atoms with van der Waals surface area (Å²) in [5, 5.41) is 126. The van der Waals surface area contributed by atoms with Crippen LogP contribution in [0.25, 0.3) is 0 Å². The Hall–Kier alpha value is -1.96. The number of hydrogen-bond donors (Lipinski definition) is 12. The zero-order valence-corrected chi connectivity index (χ0v) is 39.9. The van der Waals surface area contributed by atoms with Crippen LogP contribution in [0.5, 0.6) is 0 Å². The minimum atomic E-state index is -1.85. The highest BCUT2D eigenvalue weighted by atomic mass is 16.7. The first-order valence-electron chi connectivity index (χ1n) is 24.5. The molecule has 8 rings (SSSR count). The summed E-state index contributed by atoms with van der Waals surface area (Å²) in [6, 6.07) is 0. The normalized spacial score (nSPS) is 53.4. The molecule has 388 valence electrons. The van der Waals surface area contributed by atoms with E-state index in [0.717, 1.165) is 5.57 Å². The van der Waals surface area contributed by atoms with Crippen molar-refractivity contribution in [3.8, 4) is 0 Å². The number of ether oxygens (including phenoxy) is 6. The molecule has 0 aromatic carbocycles. The van der Waals surface area contributed by atoms with Crippen LogP contribution >= 0.6 is 0 Å². The smallest absolute Gasteiger partial charge is 0.315 e. The van der Waals surface area contributed by atoms with E-state index >= 15 is 0 Å². The second-order valence-corrected chi connectivity index (χ2v) is 23.3. The van der Waals surface area contributed by atoms with Gasteiger partial charge in [0.1, 0.15) is 73.2 Å². The van der Waals surface area contributed by atoms with E-state index in [0.29, 0.717) is 64.2 Å². The van der Waals surface area contributed by atoms with Crippen molar-refractivity contribution in [3.63, 3.8) is 0 Å². The van der Waals surface area contributed by atoms with Gasteiger partial charge in [-0.3, -0.25) is 9.59 Å². The van der Waals surface area contributed by atoms with E-state index in [4.69, 9.17) is 28.4 Å². The Morgan fingerprint density at radius 2 is 1.18 bits per heavy atom. The molecule has 8 aliphatic rings. The molecule has 0 amide bonds. The van der Waals surface area contributed by atoms with Gasteiger partial charge in [0.15, 0.2) is 12.6 Å². The van der Waals surface area contributed by atoms with Crippen LogP contribution in [0, 0.1) is 50.2 Å². The highest BCUT2D eigenvalue weighted by Gasteiger charge is 2.72. The topological polar surface area (TPSA) is 332 Å². The van der Waals surface area contributed by atoms with E-state index in [1.165, 1.54) is 0 Å². The third-order valence-corrected chi connectivity index (χ3v) is 19.4. The van der Waals surface area contributed by atoms with Crippen LogP contribution in [0.15, 0.2) is 11.6 Å². The molecule has 0 aromatic rings. The summed E-state index contributed by atoms with van der Waals surface area (Å²) in [6.45, 7) is 10.9. The first-order valence-corrected chi connectivity index (χ1v) is 24.5. The number of allylic oxidation sites excluding steroid dienone is 2. The highest BCUT2D eigenvalue weighted by molar-refractivity contribution is 5.79. The van der Waals surface area contributed by atoms with Gasteiger partial charge in [0.2, 0.25) is 6.29 Å². The van der Waals surface area contributed by atoms with Crippen molar-refractivity contribution in [1.29, 1.82) is 0 Å². The SMILES string of the molecule is CC1(C)CC[C@]2(C(=O)O[C@@H]3O[C@H](CO[C@@H]4O[C@H](CO)[C@@H](O)[C@H](O)[C@H]4O)[C@@H](O)[C@H](O)[C@H]3O)CC[C@]3(C)C(=CC[C@H]4[C@@]5(C)CC[C@H](O[C@@H]6O[C@H](CO)[C@@H](O)[C@H](O)[C@H]6O)[C@@](C)(C(=O)O)[C@H]5CC[C@]43C)[C@@H]2C1. The molecule has 0 unspecified atom stereocenters. The summed E-state index contributed by atoms with van der Waals surface area (Å²) < 4.78 is 35.0. The van der Waals surface area contributed by atoms with Crippen LogP contribution < -0.4 is 0 Å². The summed E-state index contributed by atoms with van der Waals surface area (Å²) in [5.74, 6) is -2.31. The number of hydrogen-bond acceptors (Lipinski definition) is 19. The summed E-state index contributed by atoms with van der Waals surface area (Å²) in [7, 11) is 0. The van der Waals surface area contributed by atoms with E-state index in [-0.39, 0.29) is 28.6 Å². The van der Waals surface area contributed by atoms with E-state index in [1.807, 2.05) is 0 Å². The van der Waals surface area contributed by atoms with E-state index < -0.39 is 152 Å². The zero-order valence-electron chi connectivity index (χ0n) is 39.9. The Kier molecular flexibility index (Phi) is 14.3. The van der Waals surface area contributed by atoms with Gasteiger partial charge >= 0.3 is 11.9 Å². The minimum absolute atomic E-state index is 0.0197. The van der Waals surface area contributed by atoms with Crippen molar-refractivity contribution in [2.24, 2.45) is 50.2 Å². The Labute approximate surface area is 396 Å². The van der Waals surface area contributed by atoms with E-state index in [2.05, 4.69) is 40.7 Å². The first kappa shape index (κ1) is 52.4. The molecule has 4 saturated carbocycles. The average Bonchev–Trinajstić information content (AvgIpc) is 3.29. The molecule has 5 aliphatic carbocycles. The maximum absolute atomic E-state index is 15.0. The number of fused-ring (bicyclic) bond motifs is 7. The molecule has 24 atom stereocenters. The van der Waals surface area contributed by atoms with Crippen LogP contribution in [0.1, 0.15) is 106 Å². The number of carboxylic acid groups (broad SMARTS) is 1. The lowest BCUT2D eigenvalue weighted by Crippen LogP contribution is -2.67. The minimum Gasteiger partial charge on any atom is -0.481 e. The molecular formula is C48H76O20. The van der Waals surface area contributed by atoms with Gasteiger partial charge in [0, 0.05) is 0 Å². The second-order valence-electron chi connectivity index (χ2n) is 23.3. The average molecular weight is 973 g/mol. The van der Waals surface area contributed by atoms with Gasteiger partial charge in [0.25, 0.3) is 0 Å². The Morgan fingerprint density at radius 3 is 1.78 bits per heavy atom. The molecule has 68 heavy (non-hydrogen) atoms. The number of aliphatic hydroxyl groups excluding tert-OH is 11. The predicted molar refractivity (Wildman–Crippen MR) is 232 cm³/mol. The molecule has 3 saturated heterocycles. The van der Waals surface area contributed by atoms with Crippen LogP contribution in [-0.4, -0.2) is 191 Å². The molecule has 0 aromatic heterocycles. The molecule has 7 fully saturated rings. The van der Waals surface area contributed by atoms with Gasteiger partial charge in [-0.1, -0.05) is 46.3 Å². The Balaban J connectivity index is 1.03. The number of carboxylic acids is 1. The van der Waals surface area contributed by atoms with Crippen molar-refractivity contribution in [2.45, 2.75) is 204 Å².